The van der Waals surface area contributed by atoms with Crippen molar-refractivity contribution in [1.82, 2.24) is 24.1 Å². The lowest BCUT2D eigenvalue weighted by Crippen LogP contribution is -2.32. The van der Waals surface area contributed by atoms with Crippen LogP contribution in [0.5, 0.6) is 23.0 Å². The first-order valence-electron chi connectivity index (χ1n) is 32.9. The van der Waals surface area contributed by atoms with Crippen molar-refractivity contribution >= 4 is 76.2 Å². The van der Waals surface area contributed by atoms with E-state index in [0.29, 0.717) is 11.6 Å². The van der Waals surface area contributed by atoms with E-state index >= 15 is 0 Å². The Balaban J connectivity index is 0.784. The van der Waals surface area contributed by atoms with Crippen LogP contribution >= 0.6 is 0 Å². The van der Waals surface area contributed by atoms with Gasteiger partial charge >= 0.3 is 0 Å². The second-order valence-electron chi connectivity index (χ2n) is 25.9. The number of benzene rings is 14. The predicted octanol–water partition coefficient (Wildman–Crippen LogP) is 21.8. The maximum absolute atomic E-state index is 7.57. The molecule has 2 spiro atoms. The van der Waals surface area contributed by atoms with Crippen molar-refractivity contribution in [3.05, 3.63) is 354 Å². The van der Waals surface area contributed by atoms with E-state index in [-0.39, 0.29) is 0 Å². The minimum absolute atomic E-state index is 0.536. The highest BCUT2D eigenvalue weighted by molar-refractivity contribution is 6.26. The third-order valence-electron chi connectivity index (χ3n) is 21.5. The fourth-order valence-corrected chi connectivity index (χ4v) is 17.8. The fourth-order valence-electron chi connectivity index (χ4n) is 17.8. The number of hydrogen-bond donors (Lipinski definition) is 0. The van der Waals surface area contributed by atoms with Gasteiger partial charge in [0.15, 0.2) is 5.65 Å². The zero-order valence-corrected chi connectivity index (χ0v) is 51.5. The summed E-state index contributed by atoms with van der Waals surface area (Å²) in [6.45, 7) is 0. The van der Waals surface area contributed by atoms with E-state index in [1.165, 1.54) is 44.5 Å². The SMILES string of the molecule is c1ccc(-c2nc(-n3c4ccc5c(c4c4c6ccccc6ccc43)Oc3ccccc3C53c4ccccc4-c4c(-c5ccc6c(ccc7c6c6c8c(ccc6n7-c6ccccc6)C6(c7ccccc7O8)c7ccccc7-c7ccccc76)c5)cccc43)nc3ncccc23)cc1. The number of fused-ring (bicyclic) bond motifs is 31. The number of rotatable bonds is 4. The van der Waals surface area contributed by atoms with Crippen molar-refractivity contribution in [3.63, 3.8) is 0 Å². The topological polar surface area (TPSA) is 67.0 Å². The molecule has 22 rings (SSSR count). The van der Waals surface area contributed by atoms with Crippen molar-refractivity contribution in [2.75, 3.05) is 0 Å². The minimum atomic E-state index is -0.791. The van der Waals surface area contributed by atoms with E-state index in [1.54, 1.807) is 0 Å². The highest BCUT2D eigenvalue weighted by Crippen LogP contribution is 2.67. The Morgan fingerprint density at radius 1 is 0.302 bits per heavy atom. The van der Waals surface area contributed by atoms with E-state index < -0.39 is 10.8 Å². The van der Waals surface area contributed by atoms with Crippen LogP contribution in [0.3, 0.4) is 0 Å². The van der Waals surface area contributed by atoms with E-state index in [1.807, 2.05) is 18.3 Å². The van der Waals surface area contributed by atoms with Gasteiger partial charge in [-0.2, -0.15) is 4.98 Å². The summed E-state index contributed by atoms with van der Waals surface area (Å²) in [4.78, 5) is 15.7. The number of nitrogens with zero attached hydrogens (tertiary/aromatic N) is 5. The van der Waals surface area contributed by atoms with E-state index in [4.69, 9.17) is 24.4 Å². The van der Waals surface area contributed by atoms with Crippen LogP contribution in [0.25, 0.3) is 132 Å². The Kier molecular flexibility index (Phi) is 10.2. The summed E-state index contributed by atoms with van der Waals surface area (Å²) in [6.07, 6.45) is 1.81. The van der Waals surface area contributed by atoms with Gasteiger partial charge in [-0.1, -0.05) is 237 Å². The van der Waals surface area contributed by atoms with Crippen LogP contribution in [0, 0.1) is 0 Å². The molecule has 4 aliphatic rings. The van der Waals surface area contributed by atoms with Gasteiger partial charge in [-0.25, -0.2) is 9.97 Å². The van der Waals surface area contributed by atoms with Crippen LogP contribution < -0.4 is 9.47 Å². The molecule has 0 radical (unpaired) electrons. The molecule has 7 nitrogen and oxygen atoms in total. The first-order valence-corrected chi connectivity index (χ1v) is 32.9. The molecule has 1 unspecified atom stereocenters. The molecule has 14 aromatic carbocycles. The molecule has 18 aromatic rings. The summed E-state index contributed by atoms with van der Waals surface area (Å²) in [6, 6.07) is 111. The summed E-state index contributed by atoms with van der Waals surface area (Å²) in [5, 5.41) is 9.75. The van der Waals surface area contributed by atoms with Crippen LogP contribution in [0.4, 0.5) is 0 Å². The minimum Gasteiger partial charge on any atom is -0.456 e. The van der Waals surface area contributed by atoms with Crippen molar-refractivity contribution < 1.29 is 9.47 Å². The first-order chi connectivity index (χ1) is 47.6. The number of ether oxygens (including phenoxy) is 2. The largest absolute Gasteiger partial charge is 0.456 e. The summed E-state index contributed by atoms with van der Waals surface area (Å²) in [5.41, 5.74) is 22.9. The Labute approximate surface area is 550 Å². The standard InChI is InChI=1S/C89H51N5O2/c1-3-22-53(23-4-1)83-63-31-20-50-90-86(63)92-87(91-83)94-73-46-41-52-21-7-8-26-57(52)79(73)82-75(94)49-45-71-85(82)96-77-39-18-16-36-68(77)89(71)66-34-14-11-29-62(66)78-58(30-19-37-69(78)89)54-40-43-59-55(51-54)42-47-72-80(59)81-74(93(72)56-24-5-2-6-25-56)48-44-70-84(81)95-76-38-17-15-35-67(76)88(70)64-32-12-9-27-60(64)61-28-10-13-33-65(61)88/h1-51H. The molecule has 2 aliphatic carbocycles. The van der Waals surface area contributed by atoms with Gasteiger partial charge in [0, 0.05) is 55.9 Å². The van der Waals surface area contributed by atoms with Crippen molar-refractivity contribution in [2.24, 2.45) is 0 Å². The monoisotopic (exact) mass is 1220 g/mol. The van der Waals surface area contributed by atoms with Crippen LogP contribution in [0.2, 0.25) is 0 Å². The highest BCUT2D eigenvalue weighted by atomic mass is 16.5. The molecule has 0 bridgehead atoms. The maximum Gasteiger partial charge on any atom is 0.237 e. The van der Waals surface area contributed by atoms with Gasteiger partial charge in [-0.3, -0.25) is 4.57 Å². The molecular weight excluding hydrogens is 1170 g/mol. The Morgan fingerprint density at radius 2 is 0.802 bits per heavy atom. The molecule has 444 valence electrons. The average molecular weight is 1220 g/mol. The average Bonchev–Trinajstić information content (AvgIpc) is 1.48. The number of pyridine rings is 1. The summed E-state index contributed by atoms with van der Waals surface area (Å²) >= 11 is 0. The summed E-state index contributed by atoms with van der Waals surface area (Å²) in [5.74, 6) is 3.92. The van der Waals surface area contributed by atoms with Crippen LogP contribution in [0.15, 0.2) is 310 Å². The van der Waals surface area contributed by atoms with Gasteiger partial charge in [0.05, 0.1) is 49.4 Å². The lowest BCUT2D eigenvalue weighted by molar-refractivity contribution is 0.442. The summed E-state index contributed by atoms with van der Waals surface area (Å²) < 4.78 is 19.7. The number of hydrogen-bond acceptors (Lipinski definition) is 5. The molecule has 7 heteroatoms. The Hall–Kier alpha value is -12.7. The molecule has 2 aliphatic heterocycles. The Morgan fingerprint density at radius 3 is 1.50 bits per heavy atom. The molecule has 0 fully saturated rings. The second kappa shape index (κ2) is 19.0. The molecular formula is C89H51N5O2. The summed E-state index contributed by atoms with van der Waals surface area (Å²) in [7, 11) is 0. The van der Waals surface area contributed by atoms with Gasteiger partial charge < -0.3 is 14.0 Å². The molecule has 0 amide bonds. The fraction of sp³-hybridized carbons (Fsp3) is 0.0225. The quantitative estimate of drug-likeness (QED) is 0.176. The molecule has 0 saturated carbocycles. The van der Waals surface area contributed by atoms with Crippen LogP contribution in [-0.2, 0) is 10.8 Å². The number of aromatic nitrogens is 5. The second-order valence-corrected chi connectivity index (χ2v) is 25.9. The van der Waals surface area contributed by atoms with Gasteiger partial charge in [-0.15, -0.1) is 0 Å². The maximum atomic E-state index is 7.57. The molecule has 96 heavy (non-hydrogen) atoms. The molecule has 1 atom stereocenters. The molecule has 0 saturated heterocycles. The normalized spacial score (nSPS) is 15.0. The van der Waals surface area contributed by atoms with E-state index in [2.05, 4.69) is 300 Å². The van der Waals surface area contributed by atoms with Crippen molar-refractivity contribution in [3.8, 4) is 79.3 Å². The van der Waals surface area contributed by atoms with Crippen molar-refractivity contribution in [1.29, 1.82) is 0 Å². The molecule has 4 aromatic heterocycles. The third-order valence-corrected chi connectivity index (χ3v) is 21.5. The van der Waals surface area contributed by atoms with Gasteiger partial charge in [0.25, 0.3) is 0 Å². The van der Waals surface area contributed by atoms with Gasteiger partial charge in [0.2, 0.25) is 5.95 Å². The van der Waals surface area contributed by atoms with Gasteiger partial charge in [-0.05, 0) is 144 Å². The highest BCUT2D eigenvalue weighted by Gasteiger charge is 2.54. The van der Waals surface area contributed by atoms with Crippen LogP contribution in [0.1, 0.15) is 44.5 Å². The lowest BCUT2D eigenvalue weighted by Gasteiger charge is -2.39. The third kappa shape index (κ3) is 6.53. The Bertz CT molecular complexity index is 6440. The molecule has 6 heterocycles. The zero-order valence-electron chi connectivity index (χ0n) is 51.5. The van der Waals surface area contributed by atoms with Crippen LogP contribution in [-0.4, -0.2) is 24.1 Å². The zero-order chi connectivity index (χ0) is 62.5. The molecule has 0 N–H and O–H groups in total. The van der Waals surface area contributed by atoms with E-state index in [9.17, 15) is 0 Å². The van der Waals surface area contributed by atoms with E-state index in [0.717, 1.165) is 144 Å². The van der Waals surface area contributed by atoms with Crippen molar-refractivity contribution in [2.45, 2.75) is 10.8 Å². The predicted molar refractivity (Wildman–Crippen MR) is 387 cm³/mol. The van der Waals surface area contributed by atoms with Gasteiger partial charge in [0.1, 0.15) is 23.0 Å². The first kappa shape index (κ1) is 51.9. The number of para-hydroxylation sites is 3. The lowest BCUT2D eigenvalue weighted by atomic mass is 9.65. The smallest absolute Gasteiger partial charge is 0.237 e.